The highest BCUT2D eigenvalue weighted by atomic mass is 35.5. The predicted octanol–water partition coefficient (Wildman–Crippen LogP) is 3.24. The summed E-state index contributed by atoms with van der Waals surface area (Å²) in [6, 6.07) is 11.3. The van der Waals surface area contributed by atoms with Crippen molar-refractivity contribution < 1.29 is 9.59 Å². The van der Waals surface area contributed by atoms with Gasteiger partial charge < -0.3 is 14.8 Å². The van der Waals surface area contributed by atoms with Crippen LogP contribution in [0.5, 0.6) is 0 Å². The number of carbonyl (C=O) groups is 2. The van der Waals surface area contributed by atoms with Crippen molar-refractivity contribution in [1.82, 2.24) is 14.8 Å². The molecular weight excluding hydrogens is 350 g/mol. The van der Waals surface area contributed by atoms with Crippen LogP contribution >= 0.6 is 11.6 Å². The highest BCUT2D eigenvalue weighted by Crippen LogP contribution is 2.33. The predicted molar refractivity (Wildman–Crippen MR) is 102 cm³/mol. The topological polar surface area (TPSA) is 54.3 Å². The van der Waals surface area contributed by atoms with E-state index in [0.717, 1.165) is 17.8 Å². The van der Waals surface area contributed by atoms with Crippen molar-refractivity contribution >= 4 is 23.4 Å². The number of aromatic nitrogens is 1. The summed E-state index contributed by atoms with van der Waals surface area (Å²) in [6.45, 7) is 5.93. The maximum atomic E-state index is 12.9. The Morgan fingerprint density at radius 3 is 2.62 bits per heavy atom. The second kappa shape index (κ2) is 7.96. The molecule has 1 atom stereocenters. The lowest BCUT2D eigenvalue weighted by Crippen LogP contribution is -2.44. The Bertz CT molecular complexity index is 783. The summed E-state index contributed by atoms with van der Waals surface area (Å²) in [7, 11) is 0. The van der Waals surface area contributed by atoms with E-state index >= 15 is 0 Å². The molecule has 26 heavy (non-hydrogen) atoms. The number of hydrogen-bond donors (Lipinski definition) is 1. The first-order chi connectivity index (χ1) is 12.5. The number of nitrogens with zero attached hydrogens (tertiary/aromatic N) is 2. The van der Waals surface area contributed by atoms with Crippen molar-refractivity contribution in [3.8, 4) is 0 Å². The van der Waals surface area contributed by atoms with Crippen molar-refractivity contribution in [3.63, 3.8) is 0 Å². The molecule has 0 bridgehead atoms. The lowest BCUT2D eigenvalue weighted by Gasteiger charge is -2.37. The first-order valence-corrected chi connectivity index (χ1v) is 9.30. The van der Waals surface area contributed by atoms with Crippen LogP contribution in [0.1, 0.15) is 37.6 Å². The summed E-state index contributed by atoms with van der Waals surface area (Å²) in [5.41, 5.74) is 2.04. The van der Waals surface area contributed by atoms with Gasteiger partial charge in [-0.25, -0.2) is 0 Å². The third-order valence-electron chi connectivity index (χ3n) is 4.56. The molecule has 1 aromatic heterocycles. The number of nitrogens with one attached hydrogen (secondary N) is 1. The SMILES string of the molecule is CC(C)CNC(=O)CC(=O)N1CCn2cccc2C1c1ccc(Cl)cc1. The van der Waals surface area contributed by atoms with Gasteiger partial charge in [-0.3, -0.25) is 9.59 Å². The molecular formula is C20H24ClN3O2. The summed E-state index contributed by atoms with van der Waals surface area (Å²) in [6.07, 6.45) is 1.90. The van der Waals surface area contributed by atoms with E-state index < -0.39 is 0 Å². The molecule has 5 nitrogen and oxygen atoms in total. The third-order valence-corrected chi connectivity index (χ3v) is 4.82. The van der Waals surface area contributed by atoms with Gasteiger partial charge in [0.15, 0.2) is 0 Å². The number of amides is 2. The molecule has 0 fully saturated rings. The zero-order chi connectivity index (χ0) is 18.7. The minimum atomic E-state index is -0.223. The van der Waals surface area contributed by atoms with E-state index in [1.807, 2.05) is 56.4 Å². The Balaban J connectivity index is 1.82. The van der Waals surface area contributed by atoms with Crippen LogP contribution in [0, 0.1) is 5.92 Å². The second-order valence-electron chi connectivity index (χ2n) is 7.04. The van der Waals surface area contributed by atoms with E-state index in [4.69, 9.17) is 11.6 Å². The molecule has 6 heteroatoms. The molecule has 1 aliphatic heterocycles. The van der Waals surface area contributed by atoms with E-state index in [0.29, 0.717) is 24.0 Å². The van der Waals surface area contributed by atoms with Gasteiger partial charge in [0, 0.05) is 36.5 Å². The van der Waals surface area contributed by atoms with Crippen LogP contribution in [-0.2, 0) is 16.1 Å². The lowest BCUT2D eigenvalue weighted by atomic mass is 9.99. The fourth-order valence-corrected chi connectivity index (χ4v) is 3.39. The van der Waals surface area contributed by atoms with Crippen LogP contribution in [0.2, 0.25) is 5.02 Å². The Labute approximate surface area is 158 Å². The molecule has 0 saturated heterocycles. The van der Waals surface area contributed by atoms with Crippen molar-refractivity contribution in [3.05, 3.63) is 58.9 Å². The van der Waals surface area contributed by atoms with Crippen LogP contribution in [-0.4, -0.2) is 34.4 Å². The minimum absolute atomic E-state index is 0.127. The number of halogens is 1. The zero-order valence-corrected chi connectivity index (χ0v) is 15.9. The molecule has 1 unspecified atom stereocenters. The first kappa shape index (κ1) is 18.5. The fraction of sp³-hybridized carbons (Fsp3) is 0.400. The average molecular weight is 374 g/mol. The van der Waals surface area contributed by atoms with E-state index in [-0.39, 0.29) is 24.3 Å². The molecule has 0 radical (unpaired) electrons. The van der Waals surface area contributed by atoms with Gasteiger partial charge in [-0.1, -0.05) is 37.6 Å². The van der Waals surface area contributed by atoms with Crippen LogP contribution in [0.3, 0.4) is 0 Å². The summed E-state index contributed by atoms with van der Waals surface area (Å²) < 4.78 is 2.15. The molecule has 2 heterocycles. The maximum Gasteiger partial charge on any atom is 0.232 e. The Morgan fingerprint density at radius 1 is 1.19 bits per heavy atom. The van der Waals surface area contributed by atoms with Gasteiger partial charge in [0.25, 0.3) is 0 Å². The highest BCUT2D eigenvalue weighted by Gasteiger charge is 2.32. The van der Waals surface area contributed by atoms with Crippen LogP contribution < -0.4 is 5.32 Å². The third kappa shape index (κ3) is 4.10. The molecule has 1 N–H and O–H groups in total. The van der Waals surface area contributed by atoms with Gasteiger partial charge in [-0.05, 0) is 35.7 Å². The summed E-state index contributed by atoms with van der Waals surface area (Å²) in [5, 5.41) is 3.48. The molecule has 2 amide bonds. The molecule has 1 aromatic carbocycles. The Kier molecular flexibility index (Phi) is 5.67. The summed E-state index contributed by atoms with van der Waals surface area (Å²) in [4.78, 5) is 26.8. The minimum Gasteiger partial charge on any atom is -0.355 e. The Hall–Kier alpha value is -2.27. The van der Waals surface area contributed by atoms with E-state index in [9.17, 15) is 9.59 Å². The first-order valence-electron chi connectivity index (χ1n) is 8.92. The van der Waals surface area contributed by atoms with Gasteiger partial charge in [-0.2, -0.15) is 0 Å². The number of benzene rings is 1. The maximum absolute atomic E-state index is 12.9. The van der Waals surface area contributed by atoms with Gasteiger partial charge in [0.1, 0.15) is 6.42 Å². The Morgan fingerprint density at radius 2 is 1.92 bits per heavy atom. The summed E-state index contributed by atoms with van der Waals surface area (Å²) in [5.74, 6) is -0.0210. The van der Waals surface area contributed by atoms with Crippen molar-refractivity contribution in [2.45, 2.75) is 32.9 Å². The smallest absolute Gasteiger partial charge is 0.232 e. The van der Waals surface area contributed by atoms with Gasteiger partial charge in [-0.15, -0.1) is 0 Å². The largest absolute Gasteiger partial charge is 0.355 e. The number of hydrogen-bond acceptors (Lipinski definition) is 2. The van der Waals surface area contributed by atoms with Crippen molar-refractivity contribution in [2.75, 3.05) is 13.1 Å². The quantitative estimate of drug-likeness (QED) is 0.818. The second-order valence-corrected chi connectivity index (χ2v) is 7.48. The standard InChI is InChI=1S/C20H24ClN3O2/c1-14(2)13-22-18(25)12-19(26)24-11-10-23-9-3-4-17(23)20(24)15-5-7-16(21)8-6-15/h3-9,14,20H,10-13H2,1-2H3,(H,22,25). The van der Waals surface area contributed by atoms with Crippen molar-refractivity contribution in [2.24, 2.45) is 5.92 Å². The molecule has 138 valence electrons. The van der Waals surface area contributed by atoms with Gasteiger partial charge in [0.2, 0.25) is 11.8 Å². The normalized spacial score (nSPS) is 16.5. The zero-order valence-electron chi connectivity index (χ0n) is 15.1. The van der Waals surface area contributed by atoms with Crippen molar-refractivity contribution in [1.29, 1.82) is 0 Å². The van der Waals surface area contributed by atoms with E-state index in [1.54, 1.807) is 4.90 Å². The van der Waals surface area contributed by atoms with E-state index in [2.05, 4.69) is 9.88 Å². The molecule has 1 aliphatic rings. The fourth-order valence-electron chi connectivity index (χ4n) is 3.27. The van der Waals surface area contributed by atoms with Crippen LogP contribution in [0.15, 0.2) is 42.6 Å². The number of rotatable bonds is 5. The molecule has 0 saturated carbocycles. The van der Waals surface area contributed by atoms with Crippen LogP contribution in [0.25, 0.3) is 0 Å². The molecule has 3 rings (SSSR count). The van der Waals surface area contributed by atoms with Crippen LogP contribution in [0.4, 0.5) is 0 Å². The van der Waals surface area contributed by atoms with Gasteiger partial charge in [0.05, 0.1) is 6.04 Å². The monoisotopic (exact) mass is 373 g/mol. The lowest BCUT2D eigenvalue weighted by molar-refractivity contribution is -0.138. The molecule has 0 aliphatic carbocycles. The average Bonchev–Trinajstić information content (AvgIpc) is 3.08. The number of carbonyl (C=O) groups excluding carboxylic acids is 2. The summed E-state index contributed by atoms with van der Waals surface area (Å²) >= 11 is 6.02. The van der Waals surface area contributed by atoms with E-state index in [1.165, 1.54) is 0 Å². The molecule has 0 spiro atoms. The highest BCUT2D eigenvalue weighted by molar-refractivity contribution is 6.30. The molecule has 2 aromatic rings. The van der Waals surface area contributed by atoms with Gasteiger partial charge >= 0.3 is 0 Å². The number of fused-ring (bicyclic) bond motifs is 1.